The number of carbonyl (C=O) groups is 2. The summed E-state index contributed by atoms with van der Waals surface area (Å²) in [7, 11) is -0.876. The summed E-state index contributed by atoms with van der Waals surface area (Å²) < 4.78 is 17.7. The van der Waals surface area contributed by atoms with Crippen molar-refractivity contribution in [2.45, 2.75) is 71.4 Å². The van der Waals surface area contributed by atoms with Crippen LogP contribution in [0.5, 0.6) is 0 Å². The highest BCUT2D eigenvalue weighted by molar-refractivity contribution is 7.85. The standard InChI is InChI=1S/C35H42N4O5S/c1-5-39(26-8-12-44-13-9-26)31-19-25(17-27(23(31)4)32(40)36-20-28-21(2)16-22(3)37-33(28)41)24-6-7-29-30(18-24)38-34(42)35(29)10-14-45(43)15-11-35/h6-7,16-19,26H,5,8-15,20H2,1-4H3,(H,36,40)(H,37,41)(H,38,42). The van der Waals surface area contributed by atoms with Crippen molar-refractivity contribution in [3.63, 3.8) is 0 Å². The van der Waals surface area contributed by atoms with E-state index < -0.39 is 16.2 Å². The van der Waals surface area contributed by atoms with Crippen LogP contribution in [-0.2, 0) is 32.3 Å². The van der Waals surface area contributed by atoms with Gasteiger partial charge in [0.2, 0.25) is 5.91 Å². The third kappa shape index (κ3) is 5.86. The molecule has 0 atom stereocenters. The Kier molecular flexibility index (Phi) is 8.72. The van der Waals surface area contributed by atoms with Gasteiger partial charge in [0, 0.05) is 82.8 Å². The van der Waals surface area contributed by atoms with Crippen molar-refractivity contribution in [3.8, 4) is 11.1 Å². The summed E-state index contributed by atoms with van der Waals surface area (Å²) in [5.41, 5.74) is 7.27. The molecule has 2 aromatic carbocycles. The summed E-state index contributed by atoms with van der Waals surface area (Å²) in [6.45, 7) is 10.1. The fourth-order valence-corrected chi connectivity index (χ4v) is 8.65. The van der Waals surface area contributed by atoms with Crippen LogP contribution < -0.4 is 21.1 Å². The summed E-state index contributed by atoms with van der Waals surface area (Å²) in [6, 6.07) is 12.3. The Hall–Kier alpha value is -3.76. The number of amides is 2. The van der Waals surface area contributed by atoms with Gasteiger partial charge in [-0.25, -0.2) is 0 Å². The van der Waals surface area contributed by atoms with E-state index in [0.29, 0.717) is 54.7 Å². The van der Waals surface area contributed by atoms with E-state index in [4.69, 9.17) is 4.74 Å². The second-order valence-electron chi connectivity index (χ2n) is 12.6. The highest BCUT2D eigenvalue weighted by Crippen LogP contribution is 2.46. The molecule has 0 unspecified atom stereocenters. The van der Waals surface area contributed by atoms with Crippen LogP contribution in [0.2, 0.25) is 0 Å². The van der Waals surface area contributed by atoms with Gasteiger partial charge in [-0.15, -0.1) is 0 Å². The molecule has 3 aliphatic heterocycles. The van der Waals surface area contributed by atoms with Crippen LogP contribution in [0.15, 0.2) is 41.2 Å². The number of fused-ring (bicyclic) bond motifs is 2. The van der Waals surface area contributed by atoms with Gasteiger partial charge in [0.1, 0.15) is 0 Å². The zero-order valence-electron chi connectivity index (χ0n) is 26.5. The number of rotatable bonds is 7. The minimum atomic E-state index is -0.876. The van der Waals surface area contributed by atoms with E-state index in [1.54, 1.807) is 0 Å². The van der Waals surface area contributed by atoms with Crippen LogP contribution in [0.1, 0.15) is 70.9 Å². The Labute approximate surface area is 266 Å². The minimum absolute atomic E-state index is 0.0194. The van der Waals surface area contributed by atoms with Crippen LogP contribution in [0.3, 0.4) is 0 Å². The van der Waals surface area contributed by atoms with Gasteiger partial charge in [-0.1, -0.05) is 12.1 Å². The maximum atomic E-state index is 13.9. The molecule has 3 aromatic rings. The lowest BCUT2D eigenvalue weighted by atomic mass is 9.76. The van der Waals surface area contributed by atoms with Gasteiger partial charge in [0.15, 0.2) is 0 Å². The summed E-state index contributed by atoms with van der Waals surface area (Å²) in [6.07, 6.45) is 2.98. The zero-order valence-corrected chi connectivity index (χ0v) is 27.3. The molecule has 1 spiro atoms. The van der Waals surface area contributed by atoms with Gasteiger partial charge in [-0.05, 0) is 105 Å². The van der Waals surface area contributed by atoms with E-state index in [1.807, 2.05) is 51.1 Å². The smallest absolute Gasteiger partial charge is 0.253 e. The Morgan fingerprint density at radius 2 is 1.78 bits per heavy atom. The van der Waals surface area contributed by atoms with Crippen LogP contribution in [0.4, 0.5) is 11.4 Å². The number of anilines is 2. The Balaban J connectivity index is 1.39. The van der Waals surface area contributed by atoms with Crippen molar-refractivity contribution >= 4 is 34.0 Å². The number of aryl methyl sites for hydroxylation is 2. The van der Waals surface area contributed by atoms with Crippen molar-refractivity contribution in [1.29, 1.82) is 0 Å². The van der Waals surface area contributed by atoms with Gasteiger partial charge in [0.25, 0.3) is 11.5 Å². The van der Waals surface area contributed by atoms with Crippen molar-refractivity contribution in [3.05, 3.63) is 80.3 Å². The average Bonchev–Trinajstić information content (AvgIpc) is 3.29. The number of nitrogens with one attached hydrogen (secondary N) is 3. The van der Waals surface area contributed by atoms with Gasteiger partial charge >= 0.3 is 0 Å². The molecule has 0 saturated carbocycles. The molecule has 0 radical (unpaired) electrons. The first-order chi connectivity index (χ1) is 21.6. The molecule has 1 aromatic heterocycles. The molecule has 238 valence electrons. The number of hydrogen-bond acceptors (Lipinski definition) is 6. The first-order valence-electron chi connectivity index (χ1n) is 15.9. The van der Waals surface area contributed by atoms with E-state index in [-0.39, 0.29) is 23.9 Å². The molecule has 4 heterocycles. The number of carbonyl (C=O) groups excluding carboxylic acids is 2. The largest absolute Gasteiger partial charge is 0.381 e. The Morgan fingerprint density at radius 1 is 1.04 bits per heavy atom. The van der Waals surface area contributed by atoms with Gasteiger partial charge in [-0.2, -0.15) is 0 Å². The number of ether oxygens (including phenoxy) is 1. The van der Waals surface area contributed by atoms with Crippen LogP contribution >= 0.6 is 0 Å². The lowest BCUT2D eigenvalue weighted by Crippen LogP contribution is -2.40. The molecule has 6 rings (SSSR count). The van der Waals surface area contributed by atoms with Gasteiger partial charge in [-0.3, -0.25) is 18.6 Å². The van der Waals surface area contributed by atoms with Crippen LogP contribution in [0.25, 0.3) is 11.1 Å². The lowest BCUT2D eigenvalue weighted by molar-refractivity contribution is -0.121. The molecule has 0 aliphatic carbocycles. The van der Waals surface area contributed by atoms with E-state index >= 15 is 0 Å². The van der Waals surface area contributed by atoms with Crippen LogP contribution in [-0.4, -0.2) is 58.3 Å². The molecule has 9 nitrogen and oxygen atoms in total. The number of nitrogens with zero attached hydrogens (tertiary/aromatic N) is 1. The molecular formula is C35H42N4O5S. The predicted molar refractivity (Wildman–Crippen MR) is 179 cm³/mol. The molecule has 2 saturated heterocycles. The highest BCUT2D eigenvalue weighted by Gasteiger charge is 2.48. The molecule has 2 amide bonds. The number of benzene rings is 2. The van der Waals surface area contributed by atoms with E-state index in [2.05, 4.69) is 33.5 Å². The number of pyridine rings is 1. The Morgan fingerprint density at radius 3 is 2.47 bits per heavy atom. The number of aromatic amines is 1. The van der Waals surface area contributed by atoms with Crippen molar-refractivity contribution in [2.24, 2.45) is 0 Å². The summed E-state index contributed by atoms with van der Waals surface area (Å²) in [5, 5.41) is 6.12. The summed E-state index contributed by atoms with van der Waals surface area (Å²) >= 11 is 0. The van der Waals surface area contributed by atoms with Crippen molar-refractivity contribution < 1.29 is 18.5 Å². The van der Waals surface area contributed by atoms with Gasteiger partial charge < -0.3 is 25.3 Å². The number of aromatic nitrogens is 1. The monoisotopic (exact) mass is 630 g/mol. The number of hydrogen-bond donors (Lipinski definition) is 3. The van der Waals surface area contributed by atoms with Gasteiger partial charge in [0.05, 0.1) is 5.41 Å². The molecule has 0 bridgehead atoms. The fourth-order valence-electron chi connectivity index (χ4n) is 7.30. The quantitative estimate of drug-likeness (QED) is 0.350. The second kappa shape index (κ2) is 12.6. The molecular weight excluding hydrogens is 588 g/mol. The minimum Gasteiger partial charge on any atom is -0.381 e. The molecule has 3 N–H and O–H groups in total. The maximum absolute atomic E-state index is 13.9. The van der Waals surface area contributed by atoms with Crippen molar-refractivity contribution in [2.75, 3.05) is 41.5 Å². The molecule has 2 fully saturated rings. The Bertz CT molecular complexity index is 1730. The zero-order chi connectivity index (χ0) is 31.9. The second-order valence-corrected chi connectivity index (χ2v) is 14.3. The van der Waals surface area contributed by atoms with E-state index in [0.717, 1.165) is 64.3 Å². The average molecular weight is 631 g/mol. The fraction of sp³-hybridized carbons (Fsp3) is 0.457. The highest BCUT2D eigenvalue weighted by atomic mass is 32.2. The summed E-state index contributed by atoms with van der Waals surface area (Å²) in [5.74, 6) is 0.791. The SMILES string of the molecule is CCN(c1cc(-c2ccc3c(c2)NC(=O)C32CCS(=O)CC2)cc(C(=O)NCc2c(C)cc(C)[nH]c2=O)c1C)C1CCOCC1. The van der Waals surface area contributed by atoms with E-state index in [1.165, 1.54) is 0 Å². The predicted octanol–water partition coefficient (Wildman–Crippen LogP) is 4.63. The van der Waals surface area contributed by atoms with Crippen LogP contribution in [0, 0.1) is 20.8 Å². The number of H-pyrrole nitrogens is 1. The third-order valence-corrected chi connectivity index (χ3v) is 11.2. The lowest BCUT2D eigenvalue weighted by Gasteiger charge is -2.37. The molecule has 10 heteroatoms. The first-order valence-corrected chi connectivity index (χ1v) is 17.4. The topological polar surface area (TPSA) is 121 Å². The van der Waals surface area contributed by atoms with Crippen molar-refractivity contribution in [1.82, 2.24) is 10.3 Å². The molecule has 3 aliphatic rings. The normalized spacial score (nSPS) is 21.4. The molecule has 45 heavy (non-hydrogen) atoms. The maximum Gasteiger partial charge on any atom is 0.253 e. The van der Waals surface area contributed by atoms with E-state index in [9.17, 15) is 18.6 Å². The third-order valence-electron chi connectivity index (χ3n) is 9.89. The first kappa shape index (κ1) is 31.2. The summed E-state index contributed by atoms with van der Waals surface area (Å²) in [4.78, 5) is 45.0.